The molecule has 0 radical (unpaired) electrons. The first-order valence-corrected chi connectivity index (χ1v) is 8.77. The smallest absolute Gasteiger partial charge is 0.186 e. The minimum Gasteiger partial charge on any atom is -0.418 e. The third-order valence-electron chi connectivity index (χ3n) is 2.43. The van der Waals surface area contributed by atoms with E-state index in [1.807, 2.05) is 0 Å². The molecule has 0 saturated carbocycles. The van der Waals surface area contributed by atoms with E-state index in [0.717, 1.165) is 12.5 Å². The zero-order chi connectivity index (χ0) is 10.3. The number of unbranched alkanes of at least 4 members (excludes halogenated alkanes) is 1. The van der Waals surface area contributed by atoms with E-state index in [1.54, 1.807) is 0 Å². The van der Waals surface area contributed by atoms with Crippen molar-refractivity contribution in [1.82, 2.24) is 0 Å². The highest BCUT2D eigenvalue weighted by molar-refractivity contribution is 6.71. The summed E-state index contributed by atoms with van der Waals surface area (Å²) in [6.07, 6.45) is 4.07. The first kappa shape index (κ1) is 13.2. The lowest BCUT2D eigenvalue weighted by Crippen LogP contribution is -2.32. The molecule has 0 spiro atoms. The Kier molecular flexibility index (Phi) is 6.69. The highest BCUT2D eigenvalue weighted by atomic mass is 28.4. The van der Waals surface area contributed by atoms with E-state index in [-0.39, 0.29) is 0 Å². The molecule has 1 nitrogen and oxygen atoms in total. The third-order valence-corrected chi connectivity index (χ3v) is 5.18. The molecule has 1 unspecified atom stereocenters. The van der Waals surface area contributed by atoms with Crippen LogP contribution in [-0.4, -0.2) is 14.9 Å². The number of rotatable bonds is 7. The molecule has 0 aromatic heterocycles. The quantitative estimate of drug-likeness (QED) is 0.566. The van der Waals surface area contributed by atoms with Crippen LogP contribution in [0.15, 0.2) is 0 Å². The van der Waals surface area contributed by atoms with Gasteiger partial charge in [0.05, 0.1) is 0 Å². The summed E-state index contributed by atoms with van der Waals surface area (Å²) < 4.78 is 5.82. The summed E-state index contributed by atoms with van der Waals surface area (Å²) in [5.74, 6) is 0.855. The normalized spacial score (nSPS) is 14.5. The first-order chi connectivity index (χ1) is 6.02. The fraction of sp³-hybridized carbons (Fsp3) is 1.00. The summed E-state index contributed by atoms with van der Waals surface area (Å²) in [4.78, 5) is 0. The Labute approximate surface area is 85.0 Å². The van der Waals surface area contributed by atoms with Gasteiger partial charge < -0.3 is 4.43 Å². The van der Waals surface area contributed by atoms with Gasteiger partial charge in [-0.15, -0.1) is 0 Å². The van der Waals surface area contributed by atoms with Crippen LogP contribution in [0.25, 0.3) is 0 Å². The summed E-state index contributed by atoms with van der Waals surface area (Å²) >= 11 is 0. The molecule has 0 fully saturated rings. The van der Waals surface area contributed by atoms with Gasteiger partial charge in [0.15, 0.2) is 8.32 Å². The Balaban J connectivity index is 3.68. The van der Waals surface area contributed by atoms with Crippen LogP contribution in [0.4, 0.5) is 0 Å². The molecule has 0 aliphatic heterocycles. The second-order valence-corrected chi connectivity index (χ2v) is 8.86. The average Bonchev–Trinajstić information content (AvgIpc) is 1.99. The Hall–Kier alpha value is 0.177. The molecule has 0 aliphatic rings. The second-order valence-electron chi connectivity index (χ2n) is 4.64. The lowest BCUT2D eigenvalue weighted by molar-refractivity contribution is 0.321. The number of hydrogen-bond acceptors (Lipinski definition) is 1. The van der Waals surface area contributed by atoms with Gasteiger partial charge in [0.25, 0.3) is 0 Å². The van der Waals surface area contributed by atoms with E-state index >= 15 is 0 Å². The van der Waals surface area contributed by atoms with Crippen LogP contribution < -0.4 is 0 Å². The molecule has 0 rings (SSSR count). The first-order valence-electron chi connectivity index (χ1n) is 5.65. The molecule has 0 bridgehead atoms. The third kappa shape index (κ3) is 7.26. The molecule has 80 valence electrons. The van der Waals surface area contributed by atoms with E-state index in [9.17, 15) is 0 Å². The molecule has 0 aromatic rings. The van der Waals surface area contributed by atoms with Gasteiger partial charge in [-0.05, 0) is 32.0 Å². The van der Waals surface area contributed by atoms with E-state index in [1.165, 1.54) is 25.3 Å². The fourth-order valence-corrected chi connectivity index (χ4v) is 4.73. The fourth-order valence-electron chi connectivity index (χ4n) is 1.94. The molecular formula is C11H26OSi. The van der Waals surface area contributed by atoms with Gasteiger partial charge in [0, 0.05) is 6.61 Å². The van der Waals surface area contributed by atoms with Crippen molar-refractivity contribution in [2.24, 2.45) is 5.92 Å². The molecular weight excluding hydrogens is 176 g/mol. The van der Waals surface area contributed by atoms with Crippen molar-refractivity contribution in [2.45, 2.75) is 59.2 Å². The van der Waals surface area contributed by atoms with Crippen LogP contribution >= 0.6 is 0 Å². The van der Waals surface area contributed by atoms with Crippen LogP contribution in [-0.2, 0) is 4.43 Å². The maximum absolute atomic E-state index is 5.82. The minimum atomic E-state index is -1.32. The van der Waals surface area contributed by atoms with Crippen LogP contribution in [0.3, 0.4) is 0 Å². The van der Waals surface area contributed by atoms with Crippen LogP contribution in [0.5, 0.6) is 0 Å². The molecule has 0 N–H and O–H groups in total. The minimum absolute atomic E-state index is 0.855. The highest BCUT2D eigenvalue weighted by Gasteiger charge is 2.24. The Morgan fingerprint density at radius 3 is 2.31 bits per heavy atom. The van der Waals surface area contributed by atoms with Gasteiger partial charge in [0.1, 0.15) is 0 Å². The van der Waals surface area contributed by atoms with E-state index in [4.69, 9.17) is 4.43 Å². The predicted molar refractivity (Wildman–Crippen MR) is 62.6 cm³/mol. The van der Waals surface area contributed by atoms with Gasteiger partial charge in [-0.1, -0.05) is 33.1 Å². The maximum Gasteiger partial charge on any atom is 0.186 e. The van der Waals surface area contributed by atoms with Gasteiger partial charge in [-0.3, -0.25) is 0 Å². The van der Waals surface area contributed by atoms with Crippen molar-refractivity contribution in [1.29, 1.82) is 0 Å². The number of hydrogen-bond donors (Lipinski definition) is 0. The Morgan fingerprint density at radius 1 is 1.23 bits per heavy atom. The van der Waals surface area contributed by atoms with E-state index in [2.05, 4.69) is 33.9 Å². The van der Waals surface area contributed by atoms with Crippen molar-refractivity contribution >= 4 is 8.32 Å². The Bertz CT molecular complexity index is 123. The summed E-state index contributed by atoms with van der Waals surface area (Å²) in [5, 5.41) is 0. The zero-order valence-electron chi connectivity index (χ0n) is 10.0. The maximum atomic E-state index is 5.82. The molecule has 0 aliphatic carbocycles. The van der Waals surface area contributed by atoms with Crippen molar-refractivity contribution < 1.29 is 4.43 Å². The average molecular weight is 202 g/mol. The lowest BCUT2D eigenvalue weighted by Gasteiger charge is -2.25. The van der Waals surface area contributed by atoms with E-state index in [0.29, 0.717) is 0 Å². The SMILES string of the molecule is CCCCC(C)C[Si](C)(C)OCC. The molecule has 0 heterocycles. The molecule has 0 amide bonds. The topological polar surface area (TPSA) is 9.23 Å². The van der Waals surface area contributed by atoms with E-state index < -0.39 is 8.32 Å². The van der Waals surface area contributed by atoms with Gasteiger partial charge in [-0.25, -0.2) is 0 Å². The molecule has 1 atom stereocenters. The molecule has 0 aromatic carbocycles. The van der Waals surface area contributed by atoms with Crippen molar-refractivity contribution in [3.05, 3.63) is 0 Å². The van der Waals surface area contributed by atoms with Crippen LogP contribution in [0.1, 0.15) is 40.0 Å². The molecule has 0 saturated heterocycles. The summed E-state index contributed by atoms with van der Waals surface area (Å²) in [6.45, 7) is 12.3. The van der Waals surface area contributed by atoms with Crippen LogP contribution in [0, 0.1) is 5.92 Å². The standard InChI is InChI=1S/C11H26OSi/c1-6-8-9-11(3)10-13(4,5)12-7-2/h11H,6-10H2,1-5H3. The van der Waals surface area contributed by atoms with Gasteiger partial charge in [-0.2, -0.15) is 0 Å². The monoisotopic (exact) mass is 202 g/mol. The summed E-state index contributed by atoms with van der Waals surface area (Å²) in [5.41, 5.74) is 0. The largest absolute Gasteiger partial charge is 0.418 e. The van der Waals surface area contributed by atoms with Crippen molar-refractivity contribution in [2.75, 3.05) is 6.61 Å². The Morgan fingerprint density at radius 2 is 1.85 bits per heavy atom. The van der Waals surface area contributed by atoms with Gasteiger partial charge in [0.2, 0.25) is 0 Å². The molecule has 13 heavy (non-hydrogen) atoms. The lowest BCUT2D eigenvalue weighted by atomic mass is 10.1. The van der Waals surface area contributed by atoms with Crippen molar-refractivity contribution in [3.63, 3.8) is 0 Å². The van der Waals surface area contributed by atoms with Gasteiger partial charge >= 0.3 is 0 Å². The zero-order valence-corrected chi connectivity index (χ0v) is 11.0. The van der Waals surface area contributed by atoms with Crippen molar-refractivity contribution in [3.8, 4) is 0 Å². The van der Waals surface area contributed by atoms with Crippen LogP contribution in [0.2, 0.25) is 19.1 Å². The predicted octanol–water partition coefficient (Wildman–Crippen LogP) is 4.05. The highest BCUT2D eigenvalue weighted by Crippen LogP contribution is 2.22. The molecule has 2 heteroatoms. The summed E-state index contributed by atoms with van der Waals surface area (Å²) in [6, 6.07) is 1.32. The second kappa shape index (κ2) is 6.60. The summed E-state index contributed by atoms with van der Waals surface area (Å²) in [7, 11) is -1.32.